The van der Waals surface area contributed by atoms with Crippen LogP contribution in [0.5, 0.6) is 17.2 Å². The number of nitrogens with zero attached hydrogens (tertiary/aromatic N) is 4. The van der Waals surface area contributed by atoms with Crippen molar-refractivity contribution in [1.29, 1.82) is 0 Å². The van der Waals surface area contributed by atoms with Crippen molar-refractivity contribution in [3.63, 3.8) is 0 Å². The molecule has 2 aromatic carbocycles. The van der Waals surface area contributed by atoms with Crippen molar-refractivity contribution >= 4 is 33.3 Å². The van der Waals surface area contributed by atoms with Gasteiger partial charge in [-0.3, -0.25) is 9.52 Å². The van der Waals surface area contributed by atoms with Crippen LogP contribution in [0.1, 0.15) is 19.4 Å². The molecule has 44 heavy (non-hydrogen) atoms. The number of nitrogens with one attached hydrogen (secondary N) is 2. The minimum atomic E-state index is -3.98. The number of aliphatic hydroxyl groups excluding tert-OH is 1. The zero-order chi connectivity index (χ0) is 31.6. The Balaban J connectivity index is 1.38. The number of ether oxygens (including phenoxy) is 3. The topological polar surface area (TPSA) is 165 Å². The number of amides is 3. The number of fused-ring (bicyclic) bond motifs is 2. The lowest BCUT2D eigenvalue weighted by molar-refractivity contribution is -0.134. The molecule has 3 atom stereocenters. The van der Waals surface area contributed by atoms with Crippen molar-refractivity contribution in [1.82, 2.24) is 19.4 Å². The number of imidazole rings is 1. The number of hydrogen-bond acceptors (Lipinski definition) is 9. The molecule has 236 valence electrons. The summed E-state index contributed by atoms with van der Waals surface area (Å²) in [5.74, 6) is 1.04. The summed E-state index contributed by atoms with van der Waals surface area (Å²) in [4.78, 5) is 33.6. The van der Waals surface area contributed by atoms with E-state index in [1.165, 1.54) is 22.0 Å². The maximum atomic E-state index is 13.5. The number of aromatic nitrogens is 2. The first-order valence-electron chi connectivity index (χ1n) is 14.1. The van der Waals surface area contributed by atoms with Gasteiger partial charge in [-0.2, -0.15) is 8.42 Å². The number of benzene rings is 2. The lowest BCUT2D eigenvalue weighted by atomic mass is 10.0. The Morgan fingerprint density at radius 1 is 1.16 bits per heavy atom. The Bertz CT molecular complexity index is 1640. The van der Waals surface area contributed by atoms with Crippen LogP contribution in [0.2, 0.25) is 0 Å². The Hall–Kier alpha value is -4.50. The van der Waals surface area contributed by atoms with Crippen molar-refractivity contribution in [2.24, 2.45) is 13.0 Å². The van der Waals surface area contributed by atoms with Gasteiger partial charge in [0.2, 0.25) is 12.7 Å². The lowest BCUT2D eigenvalue weighted by Gasteiger charge is -2.34. The predicted octanol–water partition coefficient (Wildman–Crippen LogP) is 2.26. The van der Waals surface area contributed by atoms with Crippen molar-refractivity contribution in [2.75, 3.05) is 43.6 Å². The van der Waals surface area contributed by atoms with E-state index in [0.29, 0.717) is 28.5 Å². The summed E-state index contributed by atoms with van der Waals surface area (Å²) in [5.41, 5.74) is 1.23. The van der Waals surface area contributed by atoms with E-state index in [9.17, 15) is 23.1 Å². The van der Waals surface area contributed by atoms with Crippen LogP contribution in [0.15, 0.2) is 53.9 Å². The highest BCUT2D eigenvalue weighted by molar-refractivity contribution is 7.92. The highest BCUT2D eigenvalue weighted by atomic mass is 32.2. The van der Waals surface area contributed by atoms with Gasteiger partial charge in [-0.05, 0) is 37.3 Å². The molecule has 15 heteroatoms. The molecule has 0 bridgehead atoms. The van der Waals surface area contributed by atoms with Gasteiger partial charge < -0.3 is 39.0 Å². The Kier molecular flexibility index (Phi) is 8.87. The van der Waals surface area contributed by atoms with Crippen molar-refractivity contribution in [3.05, 3.63) is 54.5 Å². The van der Waals surface area contributed by atoms with Crippen LogP contribution >= 0.6 is 0 Å². The number of aliphatic hydroxyl groups is 1. The number of rotatable bonds is 8. The van der Waals surface area contributed by atoms with Crippen molar-refractivity contribution in [2.45, 2.75) is 37.4 Å². The predicted molar refractivity (Wildman–Crippen MR) is 160 cm³/mol. The Morgan fingerprint density at radius 2 is 1.89 bits per heavy atom. The molecule has 5 rings (SSSR count). The summed E-state index contributed by atoms with van der Waals surface area (Å²) in [6.07, 6.45) is 2.12. The summed E-state index contributed by atoms with van der Waals surface area (Å²) in [6.45, 7) is 3.99. The summed E-state index contributed by atoms with van der Waals surface area (Å²) in [5, 5.41) is 12.6. The van der Waals surface area contributed by atoms with E-state index in [0.717, 1.165) is 0 Å². The standard InChI is InChI=1S/C29H36N6O8S/c1-18-12-35(19(2)15-36)28(37)10-20-9-22(32-44(39,40)27-14-33(3)16-30-27)6-7-23(20)43-26(18)13-34(4)29(38)31-21-5-8-24-25(11-21)42-17-41-24/h5-9,11,14,16,18-19,26,32,36H,10,12-13,15,17H2,1-4H3,(H,31,38)/t18-,19-,26+/m1/s1. The fourth-order valence-electron chi connectivity index (χ4n) is 4.99. The largest absolute Gasteiger partial charge is 0.488 e. The fraction of sp³-hybridized carbons (Fsp3) is 0.414. The van der Waals surface area contributed by atoms with Crippen LogP contribution in [0, 0.1) is 5.92 Å². The van der Waals surface area contributed by atoms with Crippen LogP contribution in [0.3, 0.4) is 0 Å². The summed E-state index contributed by atoms with van der Waals surface area (Å²) in [7, 11) is -0.671. The molecule has 0 unspecified atom stereocenters. The third-order valence-electron chi connectivity index (χ3n) is 7.55. The zero-order valence-corrected chi connectivity index (χ0v) is 25.7. The second kappa shape index (κ2) is 12.6. The van der Waals surface area contributed by atoms with Crippen LogP contribution < -0.4 is 24.2 Å². The first kappa shape index (κ1) is 30.9. The number of anilines is 2. The first-order chi connectivity index (χ1) is 20.9. The van der Waals surface area contributed by atoms with Gasteiger partial charge in [0.25, 0.3) is 10.0 Å². The molecular formula is C29H36N6O8S. The molecule has 3 heterocycles. The van der Waals surface area contributed by atoms with Gasteiger partial charge >= 0.3 is 6.03 Å². The molecule has 0 radical (unpaired) electrons. The molecule has 3 aromatic rings. The Morgan fingerprint density at radius 3 is 2.61 bits per heavy atom. The SMILES string of the molecule is C[C@@H]1CN([C@H](C)CO)C(=O)Cc2cc(NS(=O)(=O)c3cn(C)cn3)ccc2O[C@H]1CN(C)C(=O)Nc1ccc2c(c1)OCO2. The number of sulfonamides is 1. The average Bonchev–Trinajstić information content (AvgIpc) is 3.65. The highest BCUT2D eigenvalue weighted by Crippen LogP contribution is 2.34. The van der Waals surface area contributed by atoms with Crippen LogP contribution in [0.4, 0.5) is 16.2 Å². The van der Waals surface area contributed by atoms with E-state index in [2.05, 4.69) is 15.0 Å². The Labute approximate surface area is 255 Å². The van der Waals surface area contributed by atoms with E-state index in [-0.39, 0.29) is 61.5 Å². The highest BCUT2D eigenvalue weighted by Gasteiger charge is 2.32. The van der Waals surface area contributed by atoms with E-state index in [1.807, 2.05) is 6.92 Å². The van der Waals surface area contributed by atoms with Gasteiger partial charge in [0.15, 0.2) is 16.5 Å². The molecule has 3 N–H and O–H groups in total. The van der Waals surface area contributed by atoms with E-state index >= 15 is 0 Å². The van der Waals surface area contributed by atoms with Crippen LogP contribution in [-0.2, 0) is 28.3 Å². The minimum Gasteiger partial charge on any atom is -0.488 e. The summed E-state index contributed by atoms with van der Waals surface area (Å²) in [6, 6.07) is 8.98. The van der Waals surface area contributed by atoms with Gasteiger partial charge in [0.1, 0.15) is 11.9 Å². The minimum absolute atomic E-state index is 0.0846. The van der Waals surface area contributed by atoms with E-state index in [4.69, 9.17) is 14.2 Å². The molecule has 0 spiro atoms. The van der Waals surface area contributed by atoms with Crippen LogP contribution in [-0.4, -0.2) is 90.5 Å². The van der Waals surface area contributed by atoms with Gasteiger partial charge in [-0.25, -0.2) is 9.78 Å². The molecule has 2 aliphatic heterocycles. The van der Waals surface area contributed by atoms with E-state index in [1.54, 1.807) is 62.3 Å². The molecule has 14 nitrogen and oxygen atoms in total. The van der Waals surface area contributed by atoms with Gasteiger partial charge in [0.05, 0.1) is 31.9 Å². The van der Waals surface area contributed by atoms with E-state index < -0.39 is 22.2 Å². The fourth-order valence-corrected chi connectivity index (χ4v) is 6.02. The molecule has 3 amide bonds. The molecule has 0 aliphatic carbocycles. The van der Waals surface area contributed by atoms with Crippen molar-refractivity contribution in [3.8, 4) is 17.2 Å². The maximum absolute atomic E-state index is 13.5. The number of aryl methyl sites for hydroxylation is 1. The second-order valence-corrected chi connectivity index (χ2v) is 12.7. The maximum Gasteiger partial charge on any atom is 0.321 e. The average molecular weight is 629 g/mol. The summed E-state index contributed by atoms with van der Waals surface area (Å²) >= 11 is 0. The summed E-state index contributed by atoms with van der Waals surface area (Å²) < 4.78 is 47.0. The number of hydrogen-bond donors (Lipinski definition) is 3. The molecule has 0 saturated heterocycles. The molecule has 2 aliphatic rings. The molecular weight excluding hydrogens is 592 g/mol. The quantitative estimate of drug-likeness (QED) is 0.339. The van der Waals surface area contributed by atoms with Gasteiger partial charge in [-0.1, -0.05) is 6.92 Å². The normalized spacial score (nSPS) is 18.8. The number of likely N-dealkylation sites (N-methyl/N-ethyl adjacent to an activating group) is 1. The van der Waals surface area contributed by atoms with Crippen LogP contribution in [0.25, 0.3) is 0 Å². The van der Waals surface area contributed by atoms with Gasteiger partial charge in [-0.15, -0.1) is 0 Å². The first-order valence-corrected chi connectivity index (χ1v) is 15.5. The van der Waals surface area contributed by atoms with Crippen molar-refractivity contribution < 1.29 is 37.3 Å². The molecule has 0 saturated carbocycles. The molecule has 0 fully saturated rings. The zero-order valence-electron chi connectivity index (χ0n) is 24.9. The third kappa shape index (κ3) is 6.83. The third-order valence-corrected chi connectivity index (χ3v) is 8.82. The lowest BCUT2D eigenvalue weighted by Crippen LogP contribution is -2.48. The second-order valence-electron chi connectivity index (χ2n) is 11.1. The number of carbonyl (C=O) groups is 2. The molecule has 1 aromatic heterocycles. The number of carbonyl (C=O) groups excluding carboxylic acids is 2. The van der Waals surface area contributed by atoms with Gasteiger partial charge in [0, 0.05) is 55.8 Å². The monoisotopic (exact) mass is 628 g/mol. The number of urea groups is 1. The smallest absolute Gasteiger partial charge is 0.321 e.